The lowest BCUT2D eigenvalue weighted by atomic mass is 10.1. The maximum atomic E-state index is 13.0. The van der Waals surface area contributed by atoms with Crippen molar-refractivity contribution < 1.29 is 22.3 Å². The molecule has 0 atom stereocenters. The summed E-state index contributed by atoms with van der Waals surface area (Å²) in [6.07, 6.45) is -4.48. The topological polar surface area (TPSA) is 9.23 Å². The van der Waals surface area contributed by atoms with Gasteiger partial charge in [-0.25, -0.2) is 0 Å². The molecule has 5 aromatic carbocycles. The quantitative estimate of drug-likeness (QED) is 0.149. The van der Waals surface area contributed by atoms with Gasteiger partial charge in [-0.1, -0.05) is 97.1 Å². The van der Waals surface area contributed by atoms with Crippen LogP contribution in [0.1, 0.15) is 12.5 Å². The molecule has 0 saturated heterocycles. The Bertz CT molecular complexity index is 1320. The summed E-state index contributed by atoms with van der Waals surface area (Å²) >= 11 is 0. The number of rotatable bonds is 7. The largest absolute Gasteiger partial charge is 0.419 e. The third-order valence-electron chi connectivity index (χ3n) is 5.74. The summed E-state index contributed by atoms with van der Waals surface area (Å²) in [5, 5.41) is 1.55. The van der Waals surface area contributed by atoms with E-state index in [0.29, 0.717) is 10.9 Å². The normalized spacial score (nSPS) is 11.7. The van der Waals surface area contributed by atoms with E-state index in [1.807, 2.05) is 18.2 Å². The molecule has 194 valence electrons. The smallest absolute Gasteiger partial charge is 0.311 e. The maximum Gasteiger partial charge on any atom is 0.419 e. The van der Waals surface area contributed by atoms with E-state index in [9.17, 15) is 17.6 Å². The predicted molar refractivity (Wildman–Crippen MR) is 146 cm³/mol. The molecule has 0 fully saturated rings. The van der Waals surface area contributed by atoms with Crippen molar-refractivity contribution in [1.82, 2.24) is 0 Å². The van der Waals surface area contributed by atoms with Crippen LogP contribution in [-0.4, -0.2) is 12.0 Å². The summed E-state index contributed by atoms with van der Waals surface area (Å²) in [5.41, 5.74) is 0.446. The lowest BCUT2D eigenvalue weighted by Gasteiger charge is -2.23. The minimum absolute atomic E-state index is 0.0146. The van der Waals surface area contributed by atoms with Crippen LogP contribution in [0.4, 0.5) is 17.6 Å². The highest BCUT2D eigenvalue weighted by atomic mass is 32.2. The molecule has 0 aliphatic carbocycles. The number of halogens is 4. The summed E-state index contributed by atoms with van der Waals surface area (Å²) in [4.78, 5) is 4.08. The van der Waals surface area contributed by atoms with Crippen LogP contribution in [0.2, 0.25) is 0 Å². The van der Waals surface area contributed by atoms with E-state index in [1.165, 1.54) is 14.7 Å². The summed E-state index contributed by atoms with van der Waals surface area (Å²) in [7, 11) is -0.0146. The van der Waals surface area contributed by atoms with Crippen LogP contribution in [0.25, 0.3) is 10.8 Å². The molecule has 1 nitrogen and oxygen atoms in total. The van der Waals surface area contributed by atoms with E-state index in [-0.39, 0.29) is 17.8 Å². The van der Waals surface area contributed by atoms with Gasteiger partial charge in [-0.15, -0.1) is 0 Å². The van der Waals surface area contributed by atoms with E-state index in [4.69, 9.17) is 0 Å². The average Bonchev–Trinajstić information content (AvgIpc) is 2.94. The Morgan fingerprint density at radius 3 is 1.45 bits per heavy atom. The zero-order valence-corrected chi connectivity index (χ0v) is 21.6. The minimum Gasteiger partial charge on any atom is -0.311 e. The van der Waals surface area contributed by atoms with Gasteiger partial charge in [0.1, 0.15) is 0 Å². The van der Waals surface area contributed by atoms with Crippen molar-refractivity contribution in [2.45, 2.75) is 40.2 Å². The fourth-order valence-electron chi connectivity index (χ4n) is 3.79. The summed E-state index contributed by atoms with van der Waals surface area (Å²) < 4.78 is 55.5. The lowest BCUT2D eigenvalue weighted by molar-refractivity contribution is -0.345. The van der Waals surface area contributed by atoms with Crippen LogP contribution in [0.15, 0.2) is 148 Å². The van der Waals surface area contributed by atoms with Crippen LogP contribution >= 0.6 is 0 Å². The van der Waals surface area contributed by atoms with Crippen molar-refractivity contribution in [3.8, 4) is 0 Å². The zero-order valence-electron chi connectivity index (χ0n) is 20.7. The van der Waals surface area contributed by atoms with Crippen LogP contribution in [0, 0.1) is 0 Å². The molecule has 0 radical (unpaired) electrons. The van der Waals surface area contributed by atoms with Crippen molar-refractivity contribution >= 4 is 21.7 Å². The molecule has 0 heterocycles. The maximum absolute atomic E-state index is 13.0. The highest BCUT2D eigenvalue weighted by Gasteiger charge is 2.53. The van der Waals surface area contributed by atoms with Gasteiger partial charge in [0.25, 0.3) is 0 Å². The number of alkyl halides is 4. The third-order valence-corrected chi connectivity index (χ3v) is 7.97. The molecule has 5 aromatic rings. The second-order valence-corrected chi connectivity index (χ2v) is 10.6. The van der Waals surface area contributed by atoms with Crippen LogP contribution in [0.3, 0.4) is 0 Å². The molecule has 0 amide bonds. The first-order valence-corrected chi connectivity index (χ1v) is 13.2. The van der Waals surface area contributed by atoms with Gasteiger partial charge in [0, 0.05) is 6.92 Å². The molecule has 0 unspecified atom stereocenters. The zero-order chi connectivity index (χ0) is 27.0. The Morgan fingerprint density at radius 2 is 0.974 bits per heavy atom. The second-order valence-electron chi connectivity index (χ2n) is 8.58. The average molecular weight is 536 g/mol. The minimum atomic E-state index is -4.48. The highest BCUT2D eigenvalue weighted by molar-refractivity contribution is 7.97. The van der Waals surface area contributed by atoms with Crippen LogP contribution < -0.4 is 0 Å². The number of hydrogen-bond donors (Lipinski definition) is 0. The van der Waals surface area contributed by atoms with Gasteiger partial charge in [0.05, 0.1) is 17.5 Å². The van der Waals surface area contributed by atoms with Gasteiger partial charge in [0.15, 0.2) is 14.7 Å². The van der Waals surface area contributed by atoms with Gasteiger partial charge in [-0.3, -0.25) is 0 Å². The molecule has 5 rings (SSSR count). The monoisotopic (exact) mass is 535 g/mol. The summed E-state index contributed by atoms with van der Waals surface area (Å²) in [5.74, 6) is -4.21. The molecule has 0 N–H and O–H groups in total. The molecule has 38 heavy (non-hydrogen) atoms. The van der Waals surface area contributed by atoms with E-state index in [1.54, 1.807) is 24.3 Å². The first kappa shape index (κ1) is 27.4. The van der Waals surface area contributed by atoms with Crippen molar-refractivity contribution in [3.05, 3.63) is 139 Å². The summed E-state index contributed by atoms with van der Waals surface area (Å²) in [6, 6.07) is 44.3. The van der Waals surface area contributed by atoms with Crippen molar-refractivity contribution in [2.75, 3.05) is 0 Å². The highest BCUT2D eigenvalue weighted by Crippen LogP contribution is 2.36. The van der Waals surface area contributed by atoms with Crippen LogP contribution in [0.5, 0.6) is 0 Å². The first-order valence-electron chi connectivity index (χ1n) is 12.0. The Balaban J connectivity index is 0.000000177. The van der Waals surface area contributed by atoms with Crippen molar-refractivity contribution in [1.29, 1.82) is 0 Å². The Labute approximate surface area is 223 Å². The number of fused-ring (bicyclic) bond motifs is 1. The second kappa shape index (κ2) is 12.3. The van der Waals surface area contributed by atoms with Gasteiger partial charge < -0.3 is 4.74 Å². The third kappa shape index (κ3) is 6.82. The van der Waals surface area contributed by atoms with E-state index in [2.05, 4.69) is 95.7 Å². The number of benzene rings is 5. The van der Waals surface area contributed by atoms with E-state index in [0.717, 1.165) is 5.39 Å². The molecule has 0 aromatic heterocycles. The number of ether oxygens (including phenoxy) is 1. The van der Waals surface area contributed by atoms with Crippen LogP contribution in [-0.2, 0) is 22.2 Å². The van der Waals surface area contributed by atoms with Gasteiger partial charge in [0.2, 0.25) is 0 Å². The van der Waals surface area contributed by atoms with E-state index < -0.39 is 18.6 Å². The fourth-order valence-corrected chi connectivity index (χ4v) is 5.90. The standard InChI is InChI=1S/C18H15S.C14H12F4O/c1-4-10-16(11-5-1)19(17-12-6-2-7-13-17)18-14-8-3-9-15-18;1-13(15,16)14(17,18)19-9-11-7-4-6-10-5-2-3-8-12(10)11/h1-15H;2-8H,9H2,1H3/q+1;. The van der Waals surface area contributed by atoms with Crippen molar-refractivity contribution in [3.63, 3.8) is 0 Å². The molecule has 0 saturated carbocycles. The SMILES string of the molecule is CC(F)(F)C(F)(F)OCc1cccc2ccccc12.c1ccc([S+](c2ccccc2)c2ccccc2)cc1. The lowest BCUT2D eigenvalue weighted by Crippen LogP contribution is -2.40. The van der Waals surface area contributed by atoms with Gasteiger partial charge in [-0.05, 0) is 52.7 Å². The predicted octanol–water partition coefficient (Wildman–Crippen LogP) is 9.39. The first-order chi connectivity index (χ1) is 18.3. The number of hydrogen-bond acceptors (Lipinski definition) is 1. The Morgan fingerprint density at radius 1 is 0.553 bits per heavy atom. The van der Waals surface area contributed by atoms with Gasteiger partial charge >= 0.3 is 12.0 Å². The summed E-state index contributed by atoms with van der Waals surface area (Å²) in [6.45, 7) is -0.437. The molecule has 0 aliphatic heterocycles. The molecule has 0 bridgehead atoms. The van der Waals surface area contributed by atoms with Crippen molar-refractivity contribution in [2.24, 2.45) is 0 Å². The fraction of sp³-hybridized carbons (Fsp3) is 0.125. The molecular weight excluding hydrogens is 508 g/mol. The molecule has 6 heteroatoms. The van der Waals surface area contributed by atoms with Gasteiger partial charge in [-0.2, -0.15) is 17.6 Å². The molecule has 0 spiro atoms. The molecule has 0 aliphatic rings. The van der Waals surface area contributed by atoms with E-state index >= 15 is 0 Å². The Kier molecular flexibility index (Phi) is 8.87. The molecular formula is C32H27F4OS+. The Hall–Kier alpha value is -3.61.